The molecule has 0 spiro atoms. The zero-order chi connectivity index (χ0) is 16.6. The van der Waals surface area contributed by atoms with Crippen molar-refractivity contribution < 1.29 is 19.1 Å². The maximum Gasteiger partial charge on any atom is 0.267 e. The summed E-state index contributed by atoms with van der Waals surface area (Å²) in [5, 5.41) is 0. The molecular formula is C19H17NO4. The second-order valence-electron chi connectivity index (χ2n) is 7.20. The van der Waals surface area contributed by atoms with Gasteiger partial charge in [0, 0.05) is 5.56 Å². The van der Waals surface area contributed by atoms with Crippen LogP contribution < -0.4 is 4.74 Å². The molecule has 5 nitrogen and oxygen atoms in total. The van der Waals surface area contributed by atoms with Crippen LogP contribution in [-0.4, -0.2) is 29.7 Å². The third-order valence-electron chi connectivity index (χ3n) is 6.18. The van der Waals surface area contributed by atoms with E-state index in [9.17, 15) is 14.4 Å². The van der Waals surface area contributed by atoms with Crippen molar-refractivity contribution in [2.45, 2.75) is 6.42 Å². The predicted molar refractivity (Wildman–Crippen MR) is 83.9 cm³/mol. The molecule has 1 saturated heterocycles. The van der Waals surface area contributed by atoms with E-state index >= 15 is 0 Å². The third kappa shape index (κ3) is 1.62. The van der Waals surface area contributed by atoms with Crippen LogP contribution in [0.15, 0.2) is 36.4 Å². The highest BCUT2D eigenvalue weighted by molar-refractivity contribution is 6.21. The van der Waals surface area contributed by atoms with Gasteiger partial charge < -0.3 is 4.74 Å². The van der Waals surface area contributed by atoms with Gasteiger partial charge in [0.15, 0.2) is 0 Å². The van der Waals surface area contributed by atoms with Gasteiger partial charge in [0.05, 0.1) is 18.9 Å². The number of imide groups is 3. The summed E-state index contributed by atoms with van der Waals surface area (Å²) in [6.45, 7) is 0. The number of ether oxygens (including phenoxy) is 1. The number of rotatable bonds is 2. The number of amides is 3. The number of carbonyl (C=O) groups excluding carboxylic acids is 3. The molecular weight excluding hydrogens is 306 g/mol. The van der Waals surface area contributed by atoms with Crippen molar-refractivity contribution in [2.24, 2.45) is 35.5 Å². The topological polar surface area (TPSA) is 63.7 Å². The first-order valence-electron chi connectivity index (χ1n) is 8.36. The Morgan fingerprint density at radius 1 is 1.08 bits per heavy atom. The molecule has 3 amide bonds. The molecule has 3 fully saturated rings. The van der Waals surface area contributed by atoms with E-state index in [2.05, 4.69) is 12.2 Å². The molecule has 0 aromatic heterocycles. The zero-order valence-corrected chi connectivity index (χ0v) is 13.2. The molecule has 2 bridgehead atoms. The summed E-state index contributed by atoms with van der Waals surface area (Å²) in [5.74, 6) is -0.00256. The monoisotopic (exact) mass is 323 g/mol. The van der Waals surface area contributed by atoms with Crippen molar-refractivity contribution in [2.75, 3.05) is 7.11 Å². The molecule has 0 radical (unpaired) electrons. The van der Waals surface area contributed by atoms with Crippen molar-refractivity contribution in [3.05, 3.63) is 42.0 Å². The lowest BCUT2D eigenvalue weighted by molar-refractivity contribution is -0.136. The van der Waals surface area contributed by atoms with Gasteiger partial charge in [-0.2, -0.15) is 0 Å². The Balaban J connectivity index is 1.51. The summed E-state index contributed by atoms with van der Waals surface area (Å²) in [4.78, 5) is 39.5. The molecule has 1 aromatic rings. The van der Waals surface area contributed by atoms with Crippen LogP contribution in [0.3, 0.4) is 0 Å². The van der Waals surface area contributed by atoms with E-state index in [1.165, 1.54) is 7.11 Å². The number of likely N-dealkylation sites (tertiary alicyclic amines) is 1. The van der Waals surface area contributed by atoms with Crippen molar-refractivity contribution in [1.29, 1.82) is 0 Å². The molecule has 24 heavy (non-hydrogen) atoms. The summed E-state index contributed by atoms with van der Waals surface area (Å²) in [6, 6.07) is 6.58. The summed E-state index contributed by atoms with van der Waals surface area (Å²) in [7, 11) is 1.51. The Bertz CT molecular complexity index is 777. The Labute approximate surface area is 139 Å². The number of nitrogens with zero attached hydrogens (tertiary/aromatic N) is 1. The standard InChI is InChI=1S/C19H17NO4/c1-24-10-4-2-3-9(7-10)17(21)20-18(22)15-11-5-6-12(14-8-13(11)14)16(15)19(20)23/h2-7,11-16H,8H2,1H3/t11-,12-,13-,14+,15-,16+/m0/s1. The quantitative estimate of drug-likeness (QED) is 0.616. The van der Waals surface area contributed by atoms with Crippen molar-refractivity contribution in [1.82, 2.24) is 4.90 Å². The van der Waals surface area contributed by atoms with E-state index in [0.717, 1.165) is 11.3 Å². The second kappa shape index (κ2) is 4.56. The van der Waals surface area contributed by atoms with Gasteiger partial charge in [-0.05, 0) is 48.3 Å². The van der Waals surface area contributed by atoms with Gasteiger partial charge in [0.1, 0.15) is 5.75 Å². The molecule has 1 aromatic carbocycles. The molecule has 5 aliphatic rings. The number of hydrogen-bond acceptors (Lipinski definition) is 4. The predicted octanol–water partition coefficient (Wildman–Crippen LogP) is 1.89. The van der Waals surface area contributed by atoms with Crippen LogP contribution in [0.2, 0.25) is 0 Å². The number of methoxy groups -OCH3 is 1. The number of allylic oxidation sites excluding steroid dienone is 2. The fourth-order valence-electron chi connectivity index (χ4n) is 5.04. The third-order valence-corrected chi connectivity index (χ3v) is 6.18. The highest BCUT2D eigenvalue weighted by Gasteiger charge is 2.67. The largest absolute Gasteiger partial charge is 0.497 e. The molecule has 6 atom stereocenters. The Morgan fingerprint density at radius 3 is 2.29 bits per heavy atom. The van der Waals surface area contributed by atoms with Gasteiger partial charge >= 0.3 is 0 Å². The van der Waals surface area contributed by atoms with E-state index in [-0.39, 0.29) is 35.5 Å². The van der Waals surface area contributed by atoms with Crippen molar-refractivity contribution >= 4 is 17.7 Å². The van der Waals surface area contributed by atoms with E-state index in [1.54, 1.807) is 24.3 Å². The second-order valence-corrected chi connectivity index (χ2v) is 7.20. The van der Waals surface area contributed by atoms with E-state index < -0.39 is 5.91 Å². The lowest BCUT2D eigenvalue weighted by atomic mass is 9.63. The molecule has 4 aliphatic carbocycles. The fraction of sp³-hybridized carbons (Fsp3) is 0.421. The van der Waals surface area contributed by atoms with Crippen LogP contribution in [0, 0.1) is 35.5 Å². The number of benzene rings is 1. The highest BCUT2D eigenvalue weighted by atomic mass is 16.5. The molecule has 0 N–H and O–H groups in total. The van der Waals surface area contributed by atoms with Gasteiger partial charge in [-0.15, -0.1) is 0 Å². The maximum atomic E-state index is 12.9. The zero-order valence-electron chi connectivity index (χ0n) is 13.2. The minimum Gasteiger partial charge on any atom is -0.497 e. The first-order chi connectivity index (χ1) is 11.6. The van der Waals surface area contributed by atoms with Crippen LogP contribution in [0.25, 0.3) is 0 Å². The molecule has 2 saturated carbocycles. The lowest BCUT2D eigenvalue weighted by Crippen LogP contribution is -2.40. The van der Waals surface area contributed by atoms with Crippen molar-refractivity contribution in [3.63, 3.8) is 0 Å². The Morgan fingerprint density at radius 2 is 1.71 bits per heavy atom. The normalized spacial score (nSPS) is 38.1. The average molecular weight is 323 g/mol. The van der Waals surface area contributed by atoms with E-state index in [4.69, 9.17) is 4.74 Å². The van der Waals surface area contributed by atoms with E-state index in [0.29, 0.717) is 23.1 Å². The molecule has 1 aliphatic heterocycles. The maximum absolute atomic E-state index is 12.9. The van der Waals surface area contributed by atoms with Crippen molar-refractivity contribution in [3.8, 4) is 5.75 Å². The minimum atomic E-state index is -0.536. The molecule has 0 unspecified atom stereocenters. The first-order valence-corrected chi connectivity index (χ1v) is 8.36. The smallest absolute Gasteiger partial charge is 0.267 e. The number of carbonyl (C=O) groups is 3. The SMILES string of the molecule is COc1cccc(C(=O)N2C(=O)[C@@H]3[C@H]4C=C[C@@H]([C@@H]5C[C@H]45)[C@@H]3C2=O)c1. The average Bonchev–Trinajstić information content (AvgIpc) is 3.39. The lowest BCUT2D eigenvalue weighted by Gasteiger charge is -2.37. The van der Waals surface area contributed by atoms with E-state index in [1.807, 2.05) is 0 Å². The van der Waals surface area contributed by atoms with Crippen LogP contribution in [0.5, 0.6) is 5.75 Å². The van der Waals surface area contributed by atoms with Gasteiger partial charge in [-0.1, -0.05) is 18.2 Å². The summed E-state index contributed by atoms with van der Waals surface area (Å²) in [6.07, 6.45) is 5.31. The van der Waals surface area contributed by atoms with Gasteiger partial charge in [-0.3, -0.25) is 14.4 Å². The van der Waals surface area contributed by atoms with Gasteiger partial charge in [-0.25, -0.2) is 4.90 Å². The minimum absolute atomic E-state index is 0.129. The van der Waals surface area contributed by atoms with Crippen LogP contribution in [0.4, 0.5) is 0 Å². The van der Waals surface area contributed by atoms with Crippen LogP contribution >= 0.6 is 0 Å². The highest BCUT2D eigenvalue weighted by Crippen LogP contribution is 2.65. The molecule has 5 heteroatoms. The Hall–Kier alpha value is -2.43. The van der Waals surface area contributed by atoms with Crippen LogP contribution in [0.1, 0.15) is 16.8 Å². The summed E-state index contributed by atoms with van der Waals surface area (Å²) < 4.78 is 5.13. The van der Waals surface area contributed by atoms with Gasteiger partial charge in [0.2, 0.25) is 11.8 Å². The molecule has 1 heterocycles. The van der Waals surface area contributed by atoms with Crippen LogP contribution in [-0.2, 0) is 9.59 Å². The summed E-state index contributed by atoms with van der Waals surface area (Å²) >= 11 is 0. The molecule has 122 valence electrons. The first kappa shape index (κ1) is 14.0. The Kier molecular flexibility index (Phi) is 2.65. The fourth-order valence-corrected chi connectivity index (χ4v) is 5.04. The molecule has 6 rings (SSSR count). The number of hydrogen-bond donors (Lipinski definition) is 0. The summed E-state index contributed by atoms with van der Waals surface area (Å²) in [5.41, 5.74) is 0.306. The van der Waals surface area contributed by atoms with Gasteiger partial charge in [0.25, 0.3) is 5.91 Å².